The fraction of sp³-hybridized carbons (Fsp3) is 0.600. The summed E-state index contributed by atoms with van der Waals surface area (Å²) in [5, 5.41) is 18.8. The summed E-state index contributed by atoms with van der Waals surface area (Å²) in [6, 6.07) is 4.31. The Kier molecular flexibility index (Phi) is 2.06. The van der Waals surface area contributed by atoms with E-state index < -0.39 is 0 Å². The molecule has 0 aliphatic heterocycles. The minimum absolute atomic E-state index is 0.0945. The van der Waals surface area contributed by atoms with Crippen LogP contribution in [0.5, 0.6) is 0 Å². The topological polar surface area (TPSA) is 94.0 Å². The van der Waals surface area contributed by atoms with Crippen molar-refractivity contribution in [1.82, 2.24) is 25.3 Å². The Labute approximate surface area is 98.4 Å². The highest BCUT2D eigenvalue weighted by atomic mass is 15.6. The van der Waals surface area contributed by atoms with Gasteiger partial charge < -0.3 is 11.1 Å². The van der Waals surface area contributed by atoms with Crippen LogP contribution in [0.15, 0.2) is 12.1 Å². The van der Waals surface area contributed by atoms with Crippen LogP contribution >= 0.6 is 0 Å². The van der Waals surface area contributed by atoms with E-state index in [4.69, 9.17) is 5.73 Å². The predicted molar refractivity (Wildman–Crippen MR) is 62.4 cm³/mol. The maximum atomic E-state index is 5.98. The molecule has 1 aliphatic rings. The zero-order chi connectivity index (χ0) is 12.0. The van der Waals surface area contributed by atoms with Gasteiger partial charge in [0.15, 0.2) is 5.65 Å². The molecule has 0 saturated heterocycles. The second kappa shape index (κ2) is 3.36. The monoisotopic (exact) mass is 233 g/mol. The molecule has 7 heteroatoms. The molecular weight excluding hydrogens is 218 g/mol. The van der Waals surface area contributed by atoms with Crippen molar-refractivity contribution in [1.29, 1.82) is 0 Å². The lowest BCUT2D eigenvalue weighted by molar-refractivity contribution is 0.117. The normalized spacial score (nSPS) is 26.8. The standard InChI is InChI=1S/C10H15N7/c1-10(2)6(11)5-7(10)12-8-3-4-9-13-15-16-17(9)14-8/h3-4,6-7H,5,11H2,1-2H3,(H,12,14). The summed E-state index contributed by atoms with van der Waals surface area (Å²) < 4.78 is 1.41. The largest absolute Gasteiger partial charge is 0.365 e. The first-order valence-electron chi connectivity index (χ1n) is 5.65. The third-order valence-electron chi connectivity index (χ3n) is 3.74. The fourth-order valence-corrected chi connectivity index (χ4v) is 2.11. The summed E-state index contributed by atoms with van der Waals surface area (Å²) in [7, 11) is 0. The molecule has 2 atom stereocenters. The fourth-order valence-electron chi connectivity index (χ4n) is 2.11. The van der Waals surface area contributed by atoms with Crippen molar-refractivity contribution in [2.45, 2.75) is 32.4 Å². The number of nitrogens with two attached hydrogens (primary N) is 1. The van der Waals surface area contributed by atoms with E-state index in [1.807, 2.05) is 12.1 Å². The Morgan fingerprint density at radius 2 is 2.29 bits per heavy atom. The highest BCUT2D eigenvalue weighted by molar-refractivity contribution is 5.43. The van der Waals surface area contributed by atoms with Crippen LogP contribution < -0.4 is 11.1 Å². The molecule has 3 N–H and O–H groups in total. The summed E-state index contributed by atoms with van der Waals surface area (Å²) in [5.41, 5.74) is 6.71. The van der Waals surface area contributed by atoms with Crippen molar-refractivity contribution in [2.75, 3.05) is 5.32 Å². The summed E-state index contributed by atoms with van der Waals surface area (Å²) in [6.45, 7) is 4.32. The Bertz CT molecular complexity index is 546. The summed E-state index contributed by atoms with van der Waals surface area (Å²) in [6.07, 6.45) is 0.961. The number of tetrazole rings is 1. The molecule has 2 aromatic heterocycles. The van der Waals surface area contributed by atoms with Crippen LogP contribution in [0, 0.1) is 5.41 Å². The molecule has 7 nitrogen and oxygen atoms in total. The molecule has 0 spiro atoms. The highest BCUT2D eigenvalue weighted by Crippen LogP contribution is 2.40. The maximum Gasteiger partial charge on any atom is 0.200 e. The number of fused-ring (bicyclic) bond motifs is 1. The molecule has 17 heavy (non-hydrogen) atoms. The smallest absolute Gasteiger partial charge is 0.200 e. The average Bonchev–Trinajstić information content (AvgIpc) is 2.76. The van der Waals surface area contributed by atoms with Gasteiger partial charge in [-0.2, -0.15) is 0 Å². The van der Waals surface area contributed by atoms with Crippen LogP contribution in [0.1, 0.15) is 20.3 Å². The van der Waals surface area contributed by atoms with Gasteiger partial charge in [0.1, 0.15) is 5.82 Å². The second-order valence-electron chi connectivity index (χ2n) is 5.11. The van der Waals surface area contributed by atoms with Crippen molar-refractivity contribution in [3.05, 3.63) is 12.1 Å². The molecule has 1 aliphatic carbocycles. The minimum Gasteiger partial charge on any atom is -0.365 e. The van der Waals surface area contributed by atoms with Crippen molar-refractivity contribution >= 4 is 11.5 Å². The van der Waals surface area contributed by atoms with E-state index in [0.29, 0.717) is 11.7 Å². The van der Waals surface area contributed by atoms with Crippen LogP contribution in [-0.4, -0.2) is 37.3 Å². The van der Waals surface area contributed by atoms with E-state index in [1.165, 1.54) is 4.63 Å². The lowest BCUT2D eigenvalue weighted by Crippen LogP contribution is -2.61. The predicted octanol–water partition coefficient (Wildman–Crippen LogP) is 0.0570. The number of nitrogens with zero attached hydrogens (tertiary/aromatic N) is 5. The van der Waals surface area contributed by atoms with Crippen molar-refractivity contribution in [3.63, 3.8) is 0 Å². The van der Waals surface area contributed by atoms with E-state index in [0.717, 1.165) is 12.2 Å². The van der Waals surface area contributed by atoms with Crippen LogP contribution in [-0.2, 0) is 0 Å². The van der Waals surface area contributed by atoms with Crippen molar-refractivity contribution in [3.8, 4) is 0 Å². The third kappa shape index (κ3) is 1.54. The Hall–Kier alpha value is -1.76. The van der Waals surface area contributed by atoms with Crippen molar-refractivity contribution < 1.29 is 0 Å². The van der Waals surface area contributed by atoms with Crippen LogP contribution in [0.25, 0.3) is 5.65 Å². The lowest BCUT2D eigenvalue weighted by atomic mass is 9.63. The number of nitrogens with one attached hydrogen (secondary N) is 1. The SMILES string of the molecule is CC1(C)C(N)CC1Nc1ccc2nnnn2n1. The molecule has 0 amide bonds. The summed E-state index contributed by atoms with van der Waals surface area (Å²) in [5.74, 6) is 0.773. The van der Waals surface area contributed by atoms with Gasteiger partial charge in [-0.05, 0) is 29.0 Å². The van der Waals surface area contributed by atoms with Gasteiger partial charge in [0.05, 0.1) is 0 Å². The minimum atomic E-state index is 0.0945. The molecule has 1 saturated carbocycles. The molecule has 0 radical (unpaired) electrons. The van der Waals surface area contributed by atoms with E-state index in [2.05, 4.69) is 39.8 Å². The van der Waals surface area contributed by atoms with Crippen LogP contribution in [0.4, 0.5) is 5.82 Å². The van der Waals surface area contributed by atoms with Gasteiger partial charge >= 0.3 is 0 Å². The number of aromatic nitrogens is 5. The molecule has 3 rings (SSSR count). The first-order valence-corrected chi connectivity index (χ1v) is 5.65. The molecule has 0 aromatic carbocycles. The van der Waals surface area contributed by atoms with Gasteiger partial charge in [0, 0.05) is 17.5 Å². The van der Waals surface area contributed by atoms with Gasteiger partial charge in [0.25, 0.3) is 0 Å². The molecule has 2 heterocycles. The zero-order valence-electron chi connectivity index (χ0n) is 9.83. The van der Waals surface area contributed by atoms with E-state index in [1.54, 1.807) is 0 Å². The number of anilines is 1. The van der Waals surface area contributed by atoms with Gasteiger partial charge in [-0.15, -0.1) is 14.8 Å². The van der Waals surface area contributed by atoms with Gasteiger partial charge in [-0.1, -0.05) is 13.8 Å². The quantitative estimate of drug-likeness (QED) is 0.761. The van der Waals surface area contributed by atoms with E-state index in [-0.39, 0.29) is 11.5 Å². The van der Waals surface area contributed by atoms with Crippen LogP contribution in [0.2, 0.25) is 0 Å². The lowest BCUT2D eigenvalue weighted by Gasteiger charge is -2.50. The molecule has 2 unspecified atom stereocenters. The maximum absolute atomic E-state index is 5.98. The second-order valence-corrected chi connectivity index (χ2v) is 5.11. The molecule has 1 fully saturated rings. The van der Waals surface area contributed by atoms with E-state index in [9.17, 15) is 0 Å². The molecule has 0 bridgehead atoms. The Balaban J connectivity index is 1.81. The first kappa shape index (κ1) is 10.4. The molecule has 90 valence electrons. The van der Waals surface area contributed by atoms with Gasteiger partial charge in [0.2, 0.25) is 0 Å². The zero-order valence-corrected chi connectivity index (χ0v) is 9.83. The van der Waals surface area contributed by atoms with Crippen LogP contribution in [0.3, 0.4) is 0 Å². The number of hydrogen-bond donors (Lipinski definition) is 2. The van der Waals surface area contributed by atoms with Crippen molar-refractivity contribution in [2.24, 2.45) is 11.1 Å². The van der Waals surface area contributed by atoms with Gasteiger partial charge in [-0.3, -0.25) is 0 Å². The average molecular weight is 233 g/mol. The number of rotatable bonds is 2. The molecular formula is C10H15N7. The summed E-state index contributed by atoms with van der Waals surface area (Å²) >= 11 is 0. The Morgan fingerprint density at radius 3 is 3.00 bits per heavy atom. The number of hydrogen-bond acceptors (Lipinski definition) is 6. The van der Waals surface area contributed by atoms with E-state index >= 15 is 0 Å². The Morgan fingerprint density at radius 1 is 1.47 bits per heavy atom. The third-order valence-corrected chi connectivity index (χ3v) is 3.74. The molecule has 2 aromatic rings. The van der Waals surface area contributed by atoms with Gasteiger partial charge in [-0.25, -0.2) is 0 Å². The first-order chi connectivity index (χ1) is 8.07. The summed E-state index contributed by atoms with van der Waals surface area (Å²) in [4.78, 5) is 0. The highest BCUT2D eigenvalue weighted by Gasteiger charge is 2.46.